The number of nitrogens with zero attached hydrogens (tertiary/aromatic N) is 3. The number of hydrogen-bond donors (Lipinski definition) is 2. The minimum atomic E-state index is -0.317. The number of rotatable bonds is 7. The van der Waals surface area contributed by atoms with Crippen molar-refractivity contribution >= 4 is 28.8 Å². The number of H-pyrrole nitrogens is 1. The van der Waals surface area contributed by atoms with Crippen molar-refractivity contribution in [3.63, 3.8) is 0 Å². The second-order valence-electron chi connectivity index (χ2n) is 8.41. The zero-order valence-corrected chi connectivity index (χ0v) is 18.9. The number of aryl methyl sites for hydroxylation is 2. The Balaban J connectivity index is 1.49. The Labute approximate surface area is 187 Å². The summed E-state index contributed by atoms with van der Waals surface area (Å²) in [6, 6.07) is 11.9. The van der Waals surface area contributed by atoms with Gasteiger partial charge >= 0.3 is 0 Å². The lowest BCUT2D eigenvalue weighted by molar-refractivity contribution is -0.134. The largest absolute Gasteiger partial charge is 0.361 e. The third kappa shape index (κ3) is 4.81. The first-order valence-corrected chi connectivity index (χ1v) is 11.7. The minimum absolute atomic E-state index is 0.155. The van der Waals surface area contributed by atoms with Crippen LogP contribution in [0.1, 0.15) is 37.4 Å². The molecule has 3 aromatic rings. The molecule has 0 spiro atoms. The van der Waals surface area contributed by atoms with Gasteiger partial charge in [0, 0.05) is 47.8 Å². The van der Waals surface area contributed by atoms with Crippen molar-refractivity contribution in [1.82, 2.24) is 19.2 Å². The number of likely N-dealkylation sites (tertiary alicyclic amines) is 1. The van der Waals surface area contributed by atoms with Crippen molar-refractivity contribution in [2.24, 2.45) is 5.92 Å². The lowest BCUT2D eigenvalue weighted by Crippen LogP contribution is -2.47. The molecule has 1 aliphatic rings. The van der Waals surface area contributed by atoms with E-state index in [2.05, 4.69) is 47.8 Å². The summed E-state index contributed by atoms with van der Waals surface area (Å²) in [6.07, 6.45) is 6.60. The van der Waals surface area contributed by atoms with Crippen molar-refractivity contribution in [3.8, 4) is 6.07 Å². The monoisotopic (exact) mass is 435 g/mol. The fraction of sp³-hybridized carbons (Fsp3) is 0.417. The summed E-state index contributed by atoms with van der Waals surface area (Å²) in [4.78, 5) is 19.8. The van der Waals surface area contributed by atoms with Crippen LogP contribution in [-0.4, -0.2) is 39.5 Å². The van der Waals surface area contributed by atoms with E-state index in [0.29, 0.717) is 24.6 Å². The number of hydrogen-bond acceptors (Lipinski definition) is 4. The number of amides is 1. The predicted molar refractivity (Wildman–Crippen MR) is 125 cm³/mol. The van der Waals surface area contributed by atoms with E-state index in [0.717, 1.165) is 41.7 Å². The van der Waals surface area contributed by atoms with Crippen LogP contribution in [0.4, 0.5) is 0 Å². The van der Waals surface area contributed by atoms with Crippen LogP contribution >= 0.6 is 11.9 Å². The van der Waals surface area contributed by atoms with Gasteiger partial charge in [-0.05, 0) is 73.9 Å². The van der Waals surface area contributed by atoms with Crippen LogP contribution in [-0.2, 0) is 11.3 Å². The Morgan fingerprint density at radius 2 is 2.13 bits per heavy atom. The molecule has 4 rings (SSSR count). The molecule has 0 aliphatic carbocycles. The molecule has 3 heterocycles. The number of aromatic amines is 1. The lowest BCUT2D eigenvalue weighted by Gasteiger charge is -2.33. The fourth-order valence-electron chi connectivity index (χ4n) is 4.16. The molecule has 0 saturated carbocycles. The van der Waals surface area contributed by atoms with Gasteiger partial charge in [-0.3, -0.25) is 4.79 Å². The molecule has 1 amide bonds. The third-order valence-electron chi connectivity index (χ3n) is 6.20. The van der Waals surface area contributed by atoms with Crippen LogP contribution in [0.25, 0.3) is 10.9 Å². The second-order valence-corrected chi connectivity index (χ2v) is 9.29. The van der Waals surface area contributed by atoms with Crippen molar-refractivity contribution < 1.29 is 4.79 Å². The van der Waals surface area contributed by atoms with Crippen LogP contribution < -0.4 is 4.72 Å². The molecule has 162 valence electrons. The molecule has 2 aromatic heterocycles. The molecule has 0 radical (unpaired) electrons. The van der Waals surface area contributed by atoms with Gasteiger partial charge in [-0.1, -0.05) is 13.0 Å². The van der Waals surface area contributed by atoms with Gasteiger partial charge in [-0.25, -0.2) is 4.72 Å². The highest BCUT2D eigenvalue weighted by molar-refractivity contribution is 7.97. The third-order valence-corrected chi connectivity index (χ3v) is 7.18. The summed E-state index contributed by atoms with van der Waals surface area (Å²) < 4.78 is 5.38. The van der Waals surface area contributed by atoms with Gasteiger partial charge in [0.1, 0.15) is 11.8 Å². The first-order chi connectivity index (χ1) is 15.1. The van der Waals surface area contributed by atoms with E-state index in [-0.39, 0.29) is 11.9 Å². The highest BCUT2D eigenvalue weighted by atomic mass is 32.2. The summed E-state index contributed by atoms with van der Waals surface area (Å²) in [5, 5.41) is 10.5. The average molecular weight is 436 g/mol. The van der Waals surface area contributed by atoms with E-state index in [1.54, 1.807) is 6.07 Å². The Kier molecular flexibility index (Phi) is 6.69. The lowest BCUT2D eigenvalue weighted by atomic mass is 9.98. The molecule has 1 aromatic carbocycles. The Morgan fingerprint density at radius 1 is 1.32 bits per heavy atom. The predicted octanol–water partition coefficient (Wildman–Crippen LogP) is 4.46. The molecule has 1 atom stereocenters. The van der Waals surface area contributed by atoms with Crippen LogP contribution in [0, 0.1) is 24.2 Å². The van der Waals surface area contributed by atoms with Gasteiger partial charge in [-0.15, -0.1) is 0 Å². The highest BCUT2D eigenvalue weighted by Crippen LogP contribution is 2.29. The summed E-state index contributed by atoms with van der Waals surface area (Å²) in [5.74, 6) is 0.833. The number of aromatic nitrogens is 2. The van der Waals surface area contributed by atoms with Gasteiger partial charge in [0.05, 0.1) is 6.04 Å². The van der Waals surface area contributed by atoms with E-state index in [9.17, 15) is 10.1 Å². The standard InChI is InChI=1S/C24H29N5OS/c1-17-8-13-29(14-9-17)24(30)21(10-15-28-12-3-4-19(28)16-25)27-31-22-6-5-18(2)23-20(22)7-11-26-23/h3-7,11-12,17,21,26-27H,8-10,13-15H2,1-2H3. The zero-order chi connectivity index (χ0) is 21.8. The van der Waals surface area contributed by atoms with E-state index < -0.39 is 0 Å². The molecule has 1 fully saturated rings. The highest BCUT2D eigenvalue weighted by Gasteiger charge is 2.27. The molecule has 2 N–H and O–H groups in total. The SMILES string of the molecule is Cc1ccc(SNC(CCn2cccc2C#N)C(=O)N2CCC(C)CC2)c2cc[nH]c12. The molecule has 31 heavy (non-hydrogen) atoms. The van der Waals surface area contributed by atoms with E-state index in [4.69, 9.17) is 0 Å². The summed E-state index contributed by atoms with van der Waals surface area (Å²) in [7, 11) is 0. The Morgan fingerprint density at radius 3 is 2.90 bits per heavy atom. The maximum absolute atomic E-state index is 13.4. The number of benzene rings is 1. The fourth-order valence-corrected chi connectivity index (χ4v) is 5.06. The number of carbonyl (C=O) groups excluding carboxylic acids is 1. The van der Waals surface area contributed by atoms with E-state index in [1.165, 1.54) is 17.5 Å². The van der Waals surface area contributed by atoms with Gasteiger partial charge in [0.15, 0.2) is 0 Å². The van der Waals surface area contributed by atoms with Crippen LogP contribution in [0.15, 0.2) is 47.6 Å². The molecule has 1 saturated heterocycles. The average Bonchev–Trinajstić information content (AvgIpc) is 3.45. The van der Waals surface area contributed by atoms with Gasteiger partial charge in [-0.2, -0.15) is 5.26 Å². The Hall–Kier alpha value is -2.69. The summed E-state index contributed by atoms with van der Waals surface area (Å²) in [5.41, 5.74) is 2.96. The van der Waals surface area contributed by atoms with Crippen molar-refractivity contribution in [3.05, 3.63) is 54.0 Å². The molecular formula is C24H29N5OS. The van der Waals surface area contributed by atoms with Crippen molar-refractivity contribution in [2.75, 3.05) is 13.1 Å². The van der Waals surface area contributed by atoms with Crippen LogP contribution in [0.2, 0.25) is 0 Å². The molecule has 0 bridgehead atoms. The van der Waals surface area contributed by atoms with Crippen molar-refractivity contribution in [1.29, 1.82) is 5.26 Å². The van der Waals surface area contributed by atoms with Crippen LogP contribution in [0.3, 0.4) is 0 Å². The summed E-state index contributed by atoms with van der Waals surface area (Å²) >= 11 is 1.52. The van der Waals surface area contributed by atoms with Crippen LogP contribution in [0.5, 0.6) is 0 Å². The molecule has 1 aliphatic heterocycles. The maximum atomic E-state index is 13.4. The number of nitriles is 1. The van der Waals surface area contributed by atoms with Gasteiger partial charge < -0.3 is 14.5 Å². The molecule has 6 nitrogen and oxygen atoms in total. The molecule has 1 unspecified atom stereocenters. The number of carbonyl (C=O) groups is 1. The van der Waals surface area contributed by atoms with E-state index in [1.807, 2.05) is 27.9 Å². The Bertz CT molecular complexity index is 1090. The topological polar surface area (TPSA) is 76.8 Å². The van der Waals surface area contributed by atoms with Crippen molar-refractivity contribution in [2.45, 2.75) is 50.6 Å². The molecular weight excluding hydrogens is 406 g/mol. The summed E-state index contributed by atoms with van der Waals surface area (Å²) in [6.45, 7) is 6.61. The second kappa shape index (κ2) is 9.63. The number of piperidine rings is 1. The first kappa shape index (κ1) is 21.5. The normalized spacial score (nSPS) is 15.8. The smallest absolute Gasteiger partial charge is 0.240 e. The quantitative estimate of drug-likeness (QED) is 0.537. The number of fused-ring (bicyclic) bond motifs is 1. The molecule has 7 heteroatoms. The maximum Gasteiger partial charge on any atom is 0.240 e. The minimum Gasteiger partial charge on any atom is -0.361 e. The van der Waals surface area contributed by atoms with Gasteiger partial charge in [0.2, 0.25) is 5.91 Å². The zero-order valence-electron chi connectivity index (χ0n) is 18.1. The number of nitrogens with one attached hydrogen (secondary N) is 2. The first-order valence-electron chi connectivity index (χ1n) is 10.9. The van der Waals surface area contributed by atoms with Gasteiger partial charge in [0.25, 0.3) is 0 Å². The van der Waals surface area contributed by atoms with E-state index >= 15 is 0 Å².